The van der Waals surface area contributed by atoms with Gasteiger partial charge in [0.15, 0.2) is 5.58 Å². The van der Waals surface area contributed by atoms with Gasteiger partial charge in [-0.1, -0.05) is 12.1 Å². The summed E-state index contributed by atoms with van der Waals surface area (Å²) in [5.74, 6) is -0.737. The molecule has 140 valence electrons. The van der Waals surface area contributed by atoms with E-state index in [1.807, 2.05) is 6.07 Å². The topological polar surface area (TPSA) is 88.7 Å². The largest absolute Gasteiger partial charge is 0.454 e. The van der Waals surface area contributed by atoms with Crippen molar-refractivity contribution in [1.29, 1.82) is 5.26 Å². The Labute approximate surface area is 179 Å². The lowest BCUT2D eigenvalue weighted by molar-refractivity contribution is 0.532. The van der Waals surface area contributed by atoms with Gasteiger partial charge in [0.1, 0.15) is 17.2 Å². The molecule has 0 amide bonds. The Morgan fingerprint density at radius 2 is 1.83 bits per heavy atom. The van der Waals surface area contributed by atoms with Gasteiger partial charge in [0.2, 0.25) is 11.8 Å². The summed E-state index contributed by atoms with van der Waals surface area (Å²) < 4.78 is 80.3. The zero-order chi connectivity index (χ0) is 27.6. The van der Waals surface area contributed by atoms with Crippen LogP contribution < -0.4 is 0 Å². The molecule has 0 aliphatic rings. The van der Waals surface area contributed by atoms with Gasteiger partial charge in [-0.2, -0.15) is 5.26 Å². The highest BCUT2D eigenvalue weighted by molar-refractivity contribution is 6.11. The van der Waals surface area contributed by atoms with Gasteiger partial charge in [-0.3, -0.25) is 4.98 Å². The van der Waals surface area contributed by atoms with Crippen molar-refractivity contribution < 1.29 is 21.2 Å². The lowest BCUT2D eigenvalue weighted by Gasteiger charge is -2.05. The van der Waals surface area contributed by atoms with Crippen molar-refractivity contribution in [3.8, 4) is 28.8 Å². The summed E-state index contributed by atoms with van der Waals surface area (Å²) in [5.41, 5.74) is 0.489. The minimum absolute atomic E-state index is 0.0271. The third kappa shape index (κ3) is 2.59. The lowest BCUT2D eigenvalue weighted by atomic mass is 10.0. The van der Waals surface area contributed by atoms with E-state index in [0.717, 1.165) is 6.20 Å². The lowest BCUT2D eigenvalue weighted by Crippen LogP contribution is -1.88. The van der Waals surface area contributed by atoms with Gasteiger partial charge in [0.05, 0.1) is 11.3 Å². The summed E-state index contributed by atoms with van der Waals surface area (Å²) in [6.45, 7) is -8.00. The second-order valence-corrected chi connectivity index (χ2v) is 6.29. The van der Waals surface area contributed by atoms with Crippen LogP contribution in [0.3, 0.4) is 0 Å². The van der Waals surface area contributed by atoms with E-state index in [-0.39, 0.29) is 45.0 Å². The Kier molecular flexibility index (Phi) is 2.16. The van der Waals surface area contributed by atoms with Crippen LogP contribution in [0.25, 0.3) is 44.7 Å². The molecule has 6 heteroatoms. The van der Waals surface area contributed by atoms with Crippen molar-refractivity contribution in [2.45, 2.75) is 20.6 Å². The molecule has 29 heavy (non-hydrogen) atoms. The van der Waals surface area contributed by atoms with Crippen molar-refractivity contribution in [3.63, 3.8) is 0 Å². The fourth-order valence-corrected chi connectivity index (χ4v) is 3.29. The monoisotopic (exact) mass is 389 g/mol. The van der Waals surface area contributed by atoms with Crippen LogP contribution in [-0.2, 0) is 0 Å². The minimum atomic E-state index is -2.70. The van der Waals surface area contributed by atoms with Gasteiger partial charge in [0.25, 0.3) is 0 Å². The van der Waals surface area contributed by atoms with Crippen LogP contribution in [0.2, 0.25) is 0 Å². The van der Waals surface area contributed by atoms with Crippen molar-refractivity contribution in [2.24, 2.45) is 0 Å². The predicted molar refractivity (Wildman–Crippen MR) is 109 cm³/mol. The molecule has 3 aromatic heterocycles. The van der Waals surface area contributed by atoms with Gasteiger partial charge in [-0.05, 0) is 49.1 Å². The predicted octanol–water partition coefficient (Wildman–Crippen LogP) is 5.49. The average molecular weight is 389 g/mol. The third-order valence-corrected chi connectivity index (χ3v) is 4.61. The zero-order valence-electron chi connectivity index (χ0n) is 23.6. The van der Waals surface area contributed by atoms with E-state index in [0.29, 0.717) is 16.3 Å². The maximum Gasteiger partial charge on any atom is 0.249 e. The molecule has 0 atom stereocenters. The van der Waals surface area contributed by atoms with Crippen LogP contribution in [0.5, 0.6) is 0 Å². The number of nitriles is 1. The van der Waals surface area contributed by atoms with E-state index < -0.39 is 26.4 Å². The normalized spacial score (nSPS) is 17.1. The van der Waals surface area contributed by atoms with Crippen molar-refractivity contribution in [2.75, 3.05) is 0 Å². The number of rotatable bonds is 2. The molecule has 0 N–H and O–H groups in total. The molecule has 0 saturated carbocycles. The van der Waals surface area contributed by atoms with Crippen LogP contribution in [-0.4, -0.2) is 15.2 Å². The summed E-state index contributed by atoms with van der Waals surface area (Å²) in [6, 6.07) is 11.5. The first-order valence-corrected chi connectivity index (χ1v) is 8.44. The second-order valence-electron chi connectivity index (χ2n) is 6.29. The highest BCUT2D eigenvalue weighted by Gasteiger charge is 2.20. The van der Waals surface area contributed by atoms with Crippen LogP contribution >= 0.6 is 0 Å². The van der Waals surface area contributed by atoms with Gasteiger partial charge in [-0.15, -0.1) is 10.2 Å². The molecular formula is C23H16N4O2. The molecule has 3 heterocycles. The smallest absolute Gasteiger partial charge is 0.249 e. The Balaban J connectivity index is 1.73. The number of aryl methyl sites for hydroxylation is 3. The molecule has 6 nitrogen and oxygen atoms in total. The molecule has 5 aromatic rings. The molecule has 0 radical (unpaired) electrons. The maximum atomic E-state index is 9.95. The number of hydrogen-bond donors (Lipinski definition) is 0. The Morgan fingerprint density at radius 1 is 0.931 bits per heavy atom. The Bertz CT molecular complexity index is 1760. The molecule has 0 aliphatic carbocycles. The van der Waals surface area contributed by atoms with Gasteiger partial charge in [0, 0.05) is 41.7 Å². The van der Waals surface area contributed by atoms with Crippen molar-refractivity contribution in [1.82, 2.24) is 15.2 Å². The first kappa shape index (κ1) is 9.99. The first-order chi connectivity index (χ1) is 17.7. The van der Waals surface area contributed by atoms with Crippen LogP contribution in [0.1, 0.15) is 34.9 Å². The number of benzene rings is 2. The molecule has 0 unspecified atom stereocenters. The van der Waals surface area contributed by atoms with Crippen molar-refractivity contribution >= 4 is 21.9 Å². The molecule has 0 bridgehead atoms. The quantitative estimate of drug-likeness (QED) is 0.396. The highest BCUT2D eigenvalue weighted by Crippen LogP contribution is 2.39. The van der Waals surface area contributed by atoms with E-state index in [1.165, 1.54) is 12.1 Å². The molecule has 0 fully saturated rings. The van der Waals surface area contributed by atoms with Crippen LogP contribution in [0.15, 0.2) is 51.4 Å². The number of fused-ring (bicyclic) bond motifs is 3. The van der Waals surface area contributed by atoms with E-state index in [2.05, 4.69) is 15.2 Å². The number of furan rings is 1. The van der Waals surface area contributed by atoms with Gasteiger partial charge < -0.3 is 8.83 Å². The third-order valence-electron chi connectivity index (χ3n) is 4.61. The summed E-state index contributed by atoms with van der Waals surface area (Å²) in [7, 11) is 0. The van der Waals surface area contributed by atoms with E-state index >= 15 is 0 Å². The highest BCUT2D eigenvalue weighted by atomic mass is 16.4. The first-order valence-electron chi connectivity index (χ1n) is 12.9. The zero-order valence-corrected chi connectivity index (χ0v) is 14.6. The summed E-state index contributed by atoms with van der Waals surface area (Å²) >= 11 is 0. The van der Waals surface area contributed by atoms with E-state index in [1.54, 1.807) is 24.3 Å². The van der Waals surface area contributed by atoms with E-state index in [9.17, 15) is 5.26 Å². The Hall–Kier alpha value is -3.98. The van der Waals surface area contributed by atoms with E-state index in [4.69, 9.17) is 21.2 Å². The molecule has 0 aliphatic heterocycles. The fraction of sp³-hybridized carbons (Fsp3) is 0.130. The van der Waals surface area contributed by atoms with Gasteiger partial charge in [-0.25, -0.2) is 0 Å². The van der Waals surface area contributed by atoms with Crippen molar-refractivity contribution in [3.05, 3.63) is 65.2 Å². The molecule has 2 aromatic carbocycles. The molecule has 5 rings (SSSR count). The number of pyridine rings is 1. The number of para-hydroxylation sites is 1. The number of aromatic nitrogens is 3. The molecular weight excluding hydrogens is 364 g/mol. The van der Waals surface area contributed by atoms with Crippen LogP contribution in [0.4, 0.5) is 0 Å². The standard InChI is InChI=1S/C23H16N4O2/c1-12-9-20(25-11-13(12)2)18-6-4-5-15-16-7-8-17(23-27-26-14(3)28-23)19(10-24)22(16)29-21(15)18/h4-9,11H,1-3H3/i1D3,2D3,3D3. The number of nitrogens with zero attached hydrogens (tertiary/aromatic N) is 4. The summed E-state index contributed by atoms with van der Waals surface area (Å²) in [6.07, 6.45) is 1.03. The second kappa shape index (κ2) is 6.28. The molecule has 0 spiro atoms. The van der Waals surface area contributed by atoms with Gasteiger partial charge >= 0.3 is 0 Å². The maximum absolute atomic E-state index is 9.95. The van der Waals surface area contributed by atoms with Crippen LogP contribution in [0, 0.1) is 31.9 Å². The summed E-state index contributed by atoms with van der Waals surface area (Å²) in [4.78, 5) is 4.22. The SMILES string of the molecule is [2H]C([2H])([2H])c1nnc(-c2ccc3c(oc4c(-c5cc(C([2H])([2H])[2H])c(C([2H])([2H])[2H])cn5)cccc43)c2C#N)o1. The summed E-state index contributed by atoms with van der Waals surface area (Å²) in [5, 5.41) is 18.4. The molecule has 0 saturated heterocycles. The Morgan fingerprint density at radius 3 is 2.62 bits per heavy atom. The average Bonchev–Trinajstić information content (AvgIpc) is 3.47. The fourth-order valence-electron chi connectivity index (χ4n) is 3.29. The number of hydrogen-bond acceptors (Lipinski definition) is 6. The minimum Gasteiger partial charge on any atom is -0.454 e.